The van der Waals surface area contributed by atoms with E-state index in [1.807, 2.05) is 20.2 Å². The lowest BCUT2D eigenvalue weighted by atomic mass is 10.4. The van der Waals surface area contributed by atoms with E-state index in [0.717, 1.165) is 19.5 Å². The number of aromatic nitrogens is 2. The van der Waals surface area contributed by atoms with E-state index in [4.69, 9.17) is 5.26 Å². The van der Waals surface area contributed by atoms with Crippen LogP contribution in [0, 0.1) is 11.3 Å². The van der Waals surface area contributed by atoms with Crippen molar-refractivity contribution in [2.45, 2.75) is 6.42 Å². The van der Waals surface area contributed by atoms with Gasteiger partial charge in [0, 0.05) is 12.6 Å². The molecule has 5 nitrogen and oxygen atoms in total. The third-order valence-electron chi connectivity index (χ3n) is 1.87. The Kier molecular flexibility index (Phi) is 4.51. The summed E-state index contributed by atoms with van der Waals surface area (Å²) in [6, 6.07) is 3.63. The molecule has 0 aliphatic carbocycles. The largest absolute Gasteiger partial charge is 0.370 e. The molecule has 0 saturated heterocycles. The van der Waals surface area contributed by atoms with E-state index in [2.05, 4.69) is 20.2 Å². The SMILES string of the molecule is CN(C)CCCNc1cc(C#N)ncn1. The summed E-state index contributed by atoms with van der Waals surface area (Å²) in [4.78, 5) is 9.94. The minimum Gasteiger partial charge on any atom is -0.370 e. The van der Waals surface area contributed by atoms with Crippen molar-refractivity contribution in [1.29, 1.82) is 5.26 Å². The van der Waals surface area contributed by atoms with Gasteiger partial charge in [-0.2, -0.15) is 5.26 Å². The molecule has 1 aromatic rings. The molecule has 0 amide bonds. The Labute approximate surface area is 89.8 Å². The van der Waals surface area contributed by atoms with Crippen LogP contribution in [0.3, 0.4) is 0 Å². The molecule has 80 valence electrons. The molecule has 1 N–H and O–H groups in total. The Bertz CT molecular complexity index is 342. The van der Waals surface area contributed by atoms with Crippen molar-refractivity contribution >= 4 is 5.82 Å². The standard InChI is InChI=1S/C10H15N5/c1-15(2)5-3-4-12-10-6-9(7-11)13-8-14-10/h6,8H,3-5H2,1-2H3,(H,12,13,14). The summed E-state index contributed by atoms with van der Waals surface area (Å²) >= 11 is 0. The molecule has 0 aliphatic rings. The van der Waals surface area contributed by atoms with Gasteiger partial charge < -0.3 is 10.2 Å². The summed E-state index contributed by atoms with van der Waals surface area (Å²) in [6.07, 6.45) is 2.44. The van der Waals surface area contributed by atoms with Crippen molar-refractivity contribution in [2.75, 3.05) is 32.5 Å². The van der Waals surface area contributed by atoms with Crippen molar-refractivity contribution in [2.24, 2.45) is 0 Å². The van der Waals surface area contributed by atoms with E-state index in [1.165, 1.54) is 6.33 Å². The number of nitriles is 1. The first kappa shape index (κ1) is 11.4. The van der Waals surface area contributed by atoms with E-state index < -0.39 is 0 Å². The van der Waals surface area contributed by atoms with Crippen molar-refractivity contribution < 1.29 is 0 Å². The van der Waals surface area contributed by atoms with Gasteiger partial charge in [-0.25, -0.2) is 9.97 Å². The zero-order valence-corrected chi connectivity index (χ0v) is 9.06. The average molecular weight is 205 g/mol. The van der Waals surface area contributed by atoms with Crippen molar-refractivity contribution in [3.05, 3.63) is 18.1 Å². The van der Waals surface area contributed by atoms with Gasteiger partial charge in [0.1, 0.15) is 23.9 Å². The first-order chi connectivity index (χ1) is 7.22. The molecule has 0 radical (unpaired) electrons. The Morgan fingerprint density at radius 1 is 1.47 bits per heavy atom. The van der Waals surface area contributed by atoms with E-state index >= 15 is 0 Å². The fourth-order valence-electron chi connectivity index (χ4n) is 1.13. The van der Waals surface area contributed by atoms with Crippen LogP contribution >= 0.6 is 0 Å². The molecule has 1 aromatic heterocycles. The minimum absolute atomic E-state index is 0.389. The fourth-order valence-corrected chi connectivity index (χ4v) is 1.13. The van der Waals surface area contributed by atoms with Crippen molar-refractivity contribution in [1.82, 2.24) is 14.9 Å². The summed E-state index contributed by atoms with van der Waals surface area (Å²) in [6.45, 7) is 1.88. The summed E-state index contributed by atoms with van der Waals surface area (Å²) in [7, 11) is 4.08. The summed E-state index contributed by atoms with van der Waals surface area (Å²) < 4.78 is 0. The Hall–Kier alpha value is -1.67. The molecule has 5 heteroatoms. The van der Waals surface area contributed by atoms with Crippen LogP contribution in [-0.4, -0.2) is 42.1 Å². The van der Waals surface area contributed by atoms with Gasteiger partial charge in [-0.05, 0) is 27.1 Å². The fraction of sp³-hybridized carbons (Fsp3) is 0.500. The van der Waals surface area contributed by atoms with Crippen LogP contribution in [0.1, 0.15) is 12.1 Å². The zero-order valence-electron chi connectivity index (χ0n) is 9.06. The maximum absolute atomic E-state index is 8.63. The van der Waals surface area contributed by atoms with Crippen molar-refractivity contribution in [3.8, 4) is 6.07 Å². The molecule has 0 fully saturated rings. The van der Waals surface area contributed by atoms with Crippen LogP contribution in [0.25, 0.3) is 0 Å². The smallest absolute Gasteiger partial charge is 0.145 e. The molecule has 15 heavy (non-hydrogen) atoms. The second kappa shape index (κ2) is 5.94. The number of hydrogen-bond acceptors (Lipinski definition) is 5. The van der Waals surface area contributed by atoms with Gasteiger partial charge in [0.05, 0.1) is 0 Å². The highest BCUT2D eigenvalue weighted by molar-refractivity contribution is 5.38. The van der Waals surface area contributed by atoms with E-state index in [-0.39, 0.29) is 0 Å². The number of anilines is 1. The Morgan fingerprint density at radius 3 is 2.93 bits per heavy atom. The molecule has 0 aromatic carbocycles. The molecular formula is C10H15N5. The maximum atomic E-state index is 8.63. The normalized spacial score (nSPS) is 10.0. The van der Waals surface area contributed by atoms with Crippen molar-refractivity contribution in [3.63, 3.8) is 0 Å². The van der Waals surface area contributed by atoms with E-state index in [9.17, 15) is 0 Å². The highest BCUT2D eigenvalue weighted by atomic mass is 15.1. The molecule has 0 aliphatic heterocycles. The third-order valence-corrected chi connectivity index (χ3v) is 1.87. The highest BCUT2D eigenvalue weighted by Crippen LogP contribution is 2.02. The highest BCUT2D eigenvalue weighted by Gasteiger charge is 1.96. The van der Waals surface area contributed by atoms with Crippen LogP contribution in [-0.2, 0) is 0 Å². The van der Waals surface area contributed by atoms with Gasteiger partial charge >= 0.3 is 0 Å². The molecule has 1 rings (SSSR count). The van der Waals surface area contributed by atoms with Crippen LogP contribution in [0.5, 0.6) is 0 Å². The average Bonchev–Trinajstić information content (AvgIpc) is 2.24. The van der Waals surface area contributed by atoms with Gasteiger partial charge in [-0.15, -0.1) is 0 Å². The molecule has 1 heterocycles. The van der Waals surface area contributed by atoms with Gasteiger partial charge in [-0.3, -0.25) is 0 Å². The van der Waals surface area contributed by atoms with Crippen LogP contribution in [0.2, 0.25) is 0 Å². The van der Waals surface area contributed by atoms with E-state index in [0.29, 0.717) is 11.5 Å². The van der Waals surface area contributed by atoms with Gasteiger partial charge in [0.15, 0.2) is 0 Å². The third kappa shape index (κ3) is 4.38. The molecule has 0 atom stereocenters. The quantitative estimate of drug-likeness (QED) is 0.717. The summed E-state index contributed by atoms with van der Waals surface area (Å²) in [5, 5.41) is 11.8. The second-order valence-corrected chi connectivity index (χ2v) is 3.48. The monoisotopic (exact) mass is 205 g/mol. The minimum atomic E-state index is 0.389. The van der Waals surface area contributed by atoms with Gasteiger partial charge in [0.25, 0.3) is 0 Å². The molecule has 0 bridgehead atoms. The lowest BCUT2D eigenvalue weighted by Crippen LogP contribution is -2.16. The zero-order chi connectivity index (χ0) is 11.1. The van der Waals surface area contributed by atoms with E-state index in [1.54, 1.807) is 6.07 Å². The maximum Gasteiger partial charge on any atom is 0.145 e. The number of nitrogens with zero attached hydrogens (tertiary/aromatic N) is 4. The molecular weight excluding hydrogens is 190 g/mol. The van der Waals surface area contributed by atoms with Crippen LogP contribution < -0.4 is 5.32 Å². The first-order valence-electron chi connectivity index (χ1n) is 4.83. The van der Waals surface area contributed by atoms with Gasteiger partial charge in [-0.1, -0.05) is 0 Å². The summed E-state index contributed by atoms with van der Waals surface area (Å²) in [5.74, 6) is 0.709. The molecule has 0 spiro atoms. The number of hydrogen-bond donors (Lipinski definition) is 1. The van der Waals surface area contributed by atoms with Crippen LogP contribution in [0.15, 0.2) is 12.4 Å². The topological polar surface area (TPSA) is 64.8 Å². The molecule has 0 saturated carbocycles. The summed E-state index contributed by atoms with van der Waals surface area (Å²) in [5.41, 5.74) is 0.389. The predicted molar refractivity (Wildman–Crippen MR) is 58.4 cm³/mol. The molecule has 0 unspecified atom stereocenters. The second-order valence-electron chi connectivity index (χ2n) is 3.48. The van der Waals surface area contributed by atoms with Gasteiger partial charge in [0.2, 0.25) is 0 Å². The number of rotatable bonds is 5. The first-order valence-corrected chi connectivity index (χ1v) is 4.83. The lowest BCUT2D eigenvalue weighted by molar-refractivity contribution is 0.405. The Balaban J connectivity index is 2.35. The Morgan fingerprint density at radius 2 is 2.27 bits per heavy atom. The number of nitrogens with one attached hydrogen (secondary N) is 1. The van der Waals surface area contributed by atoms with Crippen LogP contribution in [0.4, 0.5) is 5.82 Å². The lowest BCUT2D eigenvalue weighted by Gasteiger charge is -2.09. The predicted octanol–water partition coefficient (Wildman–Crippen LogP) is 0.712.